The molecule has 2 fully saturated rings. The number of nitrogens with zero attached hydrogens (tertiary/aromatic N) is 3. The number of benzene rings is 2. The second kappa shape index (κ2) is 18.2. The van der Waals surface area contributed by atoms with E-state index >= 15 is 0 Å². The van der Waals surface area contributed by atoms with Crippen molar-refractivity contribution in [1.29, 1.82) is 0 Å². The smallest absolute Gasteiger partial charge is 0.407 e. The molecule has 1 amide bonds. The number of aryl methyl sites for hydroxylation is 1. The van der Waals surface area contributed by atoms with Gasteiger partial charge < -0.3 is 38.5 Å². The fourth-order valence-electron chi connectivity index (χ4n) is 6.96. The van der Waals surface area contributed by atoms with Gasteiger partial charge in [0.2, 0.25) is 23.4 Å². The molecule has 0 spiro atoms. The zero-order valence-corrected chi connectivity index (χ0v) is 33.6. The van der Waals surface area contributed by atoms with Crippen LogP contribution < -0.4 is 24.1 Å². The SMILES string of the molecule is Cc1nc(COc2ccc(C[C@H](NC(=O)O[C@H]3CO[C@H]4OCC[C@H]43)[C@@H](CN(CC(C)C)S(=O)(=O)c3ccc4c(c3)OCO4)OC(=O)C[n+]3ccccc3)cc2)cs1. The first-order valence-corrected chi connectivity index (χ1v) is 21.2. The van der Waals surface area contributed by atoms with E-state index < -0.39 is 46.6 Å². The van der Waals surface area contributed by atoms with Crippen LogP contribution in [0.1, 0.15) is 36.5 Å². The predicted octanol–water partition coefficient (Wildman–Crippen LogP) is 4.40. The Morgan fingerprint density at radius 2 is 1.82 bits per heavy atom. The standard InChI is InChI=1S/C40H46N4O11S2/c1-26(2)19-44(57(47,48)31-11-12-34-35(18-31)53-25-52-34)20-36(54-38(45)21-43-14-5-4-6-15-43)33(42-40(46)55-37-23-51-39-32(37)13-16-49-39)17-28-7-9-30(10-8-28)50-22-29-24-56-27(3)41-29/h4-12,14-15,18,24,26,32-33,36-37,39H,13,16-17,19-23,25H2,1-3H3/p+1/t32-,33-,36+,37-,39+/m0/s1. The van der Waals surface area contributed by atoms with E-state index in [1.165, 1.54) is 16.4 Å². The summed E-state index contributed by atoms with van der Waals surface area (Å²) in [5.74, 6) is 0.507. The summed E-state index contributed by atoms with van der Waals surface area (Å²) >= 11 is 1.55. The maximum absolute atomic E-state index is 14.5. The van der Waals surface area contributed by atoms with Crippen LogP contribution in [0.4, 0.5) is 4.79 Å². The highest BCUT2D eigenvalue weighted by Crippen LogP contribution is 2.35. The first kappa shape index (κ1) is 40.4. The summed E-state index contributed by atoms with van der Waals surface area (Å²) in [6.45, 7) is 6.34. The molecule has 4 aromatic rings. The van der Waals surface area contributed by atoms with Crippen molar-refractivity contribution in [2.45, 2.75) is 76.2 Å². The number of hydrogen-bond acceptors (Lipinski definition) is 13. The molecule has 2 aromatic carbocycles. The fraction of sp³-hybridized carbons (Fsp3) is 0.450. The van der Waals surface area contributed by atoms with Gasteiger partial charge in [0.15, 0.2) is 30.2 Å². The molecule has 0 unspecified atom stereocenters. The van der Waals surface area contributed by atoms with Gasteiger partial charge in [0, 0.05) is 30.1 Å². The highest BCUT2D eigenvalue weighted by atomic mass is 32.2. The molecule has 15 nitrogen and oxygen atoms in total. The van der Waals surface area contributed by atoms with E-state index in [1.807, 2.05) is 56.5 Å². The first-order chi connectivity index (χ1) is 27.5. The summed E-state index contributed by atoms with van der Waals surface area (Å²) in [5.41, 5.74) is 1.59. The molecule has 0 aliphatic carbocycles. The lowest BCUT2D eigenvalue weighted by Gasteiger charge is -2.33. The largest absolute Gasteiger partial charge is 0.487 e. The average molecular weight is 824 g/mol. The summed E-state index contributed by atoms with van der Waals surface area (Å²) in [4.78, 5) is 31.9. The molecule has 0 bridgehead atoms. The summed E-state index contributed by atoms with van der Waals surface area (Å²) in [5, 5.41) is 5.85. The molecule has 5 heterocycles. The van der Waals surface area contributed by atoms with Gasteiger partial charge in [0.1, 0.15) is 24.6 Å². The summed E-state index contributed by atoms with van der Waals surface area (Å²) < 4.78 is 72.1. The number of nitrogens with one attached hydrogen (secondary N) is 1. The van der Waals surface area contributed by atoms with E-state index in [0.717, 1.165) is 16.3 Å². The molecule has 3 aliphatic rings. The first-order valence-electron chi connectivity index (χ1n) is 18.9. The molecule has 57 heavy (non-hydrogen) atoms. The predicted molar refractivity (Wildman–Crippen MR) is 205 cm³/mol. The minimum Gasteiger partial charge on any atom is -0.487 e. The third kappa shape index (κ3) is 10.4. The Labute approximate surface area is 335 Å². The van der Waals surface area contributed by atoms with Crippen molar-refractivity contribution in [2.24, 2.45) is 11.8 Å². The van der Waals surface area contributed by atoms with Crippen LogP contribution in [-0.4, -0.2) is 87.4 Å². The van der Waals surface area contributed by atoms with E-state index in [9.17, 15) is 18.0 Å². The van der Waals surface area contributed by atoms with Crippen molar-refractivity contribution < 1.29 is 55.7 Å². The molecular formula is C40H47N4O11S2+. The number of ether oxygens (including phenoxy) is 7. The second-order valence-corrected chi connectivity index (χ2v) is 17.5. The van der Waals surface area contributed by atoms with Crippen LogP contribution >= 0.6 is 11.3 Å². The van der Waals surface area contributed by atoms with Crippen LogP contribution in [0.3, 0.4) is 0 Å². The lowest BCUT2D eigenvalue weighted by molar-refractivity contribution is -0.686. The van der Waals surface area contributed by atoms with Gasteiger partial charge in [-0.05, 0) is 55.5 Å². The van der Waals surface area contributed by atoms with Crippen LogP contribution in [0.15, 0.2) is 83.3 Å². The van der Waals surface area contributed by atoms with Gasteiger partial charge in [-0.2, -0.15) is 8.87 Å². The number of carbonyl (C=O) groups is 2. The lowest BCUT2D eigenvalue weighted by atomic mass is 10.0. The number of pyridine rings is 1. The number of amides is 1. The van der Waals surface area contributed by atoms with E-state index in [1.54, 1.807) is 46.5 Å². The number of hydrogen-bond donors (Lipinski definition) is 1. The molecule has 0 saturated carbocycles. The lowest BCUT2D eigenvalue weighted by Crippen LogP contribution is -2.54. The number of esters is 1. The number of rotatable bonds is 17. The van der Waals surface area contributed by atoms with Gasteiger partial charge >= 0.3 is 12.1 Å². The van der Waals surface area contributed by atoms with Gasteiger partial charge in [0.05, 0.1) is 47.3 Å². The van der Waals surface area contributed by atoms with Gasteiger partial charge in [-0.15, -0.1) is 11.3 Å². The average Bonchev–Trinajstić information content (AvgIpc) is 4.01. The van der Waals surface area contributed by atoms with E-state index in [0.29, 0.717) is 36.9 Å². The third-order valence-corrected chi connectivity index (χ3v) is 12.4. The molecular weight excluding hydrogens is 777 g/mol. The molecule has 7 rings (SSSR count). The Bertz CT molecular complexity index is 2100. The molecule has 2 saturated heterocycles. The maximum Gasteiger partial charge on any atom is 0.407 e. The minimum absolute atomic E-state index is 0.0146. The Kier molecular flexibility index (Phi) is 12.9. The summed E-state index contributed by atoms with van der Waals surface area (Å²) in [6, 6.07) is 16.2. The Hall–Kier alpha value is -4.81. The van der Waals surface area contributed by atoms with Crippen molar-refractivity contribution >= 4 is 33.4 Å². The molecule has 304 valence electrons. The number of fused-ring (bicyclic) bond motifs is 2. The van der Waals surface area contributed by atoms with Crippen LogP contribution in [0, 0.1) is 18.8 Å². The summed E-state index contributed by atoms with van der Waals surface area (Å²) in [7, 11) is -4.20. The normalized spacial score (nSPS) is 19.6. The number of thiazole rings is 1. The van der Waals surface area contributed by atoms with Gasteiger partial charge in [-0.3, -0.25) is 0 Å². The van der Waals surface area contributed by atoms with Crippen molar-refractivity contribution in [1.82, 2.24) is 14.6 Å². The van der Waals surface area contributed by atoms with Crippen molar-refractivity contribution in [2.75, 3.05) is 33.1 Å². The third-order valence-electron chi connectivity index (χ3n) is 9.73. The summed E-state index contributed by atoms with van der Waals surface area (Å²) in [6.07, 6.45) is 1.36. The minimum atomic E-state index is -4.20. The van der Waals surface area contributed by atoms with Gasteiger partial charge in [-0.1, -0.05) is 32.0 Å². The Balaban J connectivity index is 1.18. The van der Waals surface area contributed by atoms with Crippen LogP contribution in [-0.2, 0) is 53.3 Å². The Morgan fingerprint density at radius 1 is 1.04 bits per heavy atom. The molecule has 5 atom stereocenters. The number of aromatic nitrogens is 2. The molecule has 2 aromatic heterocycles. The second-order valence-electron chi connectivity index (χ2n) is 14.5. The van der Waals surface area contributed by atoms with Gasteiger partial charge in [0.25, 0.3) is 0 Å². The topological polar surface area (TPSA) is 165 Å². The van der Waals surface area contributed by atoms with Crippen molar-refractivity contribution in [3.8, 4) is 17.2 Å². The molecule has 1 N–H and O–H groups in total. The molecule has 0 radical (unpaired) electrons. The number of alkyl carbamates (subject to hydrolysis) is 1. The fourth-order valence-corrected chi connectivity index (χ4v) is 9.19. The highest BCUT2D eigenvalue weighted by molar-refractivity contribution is 7.89. The van der Waals surface area contributed by atoms with E-state index in [-0.39, 0.29) is 56.2 Å². The Morgan fingerprint density at radius 3 is 2.58 bits per heavy atom. The van der Waals surface area contributed by atoms with E-state index in [4.69, 9.17) is 33.2 Å². The quantitative estimate of drug-likeness (QED) is 0.118. The number of sulfonamides is 1. The maximum atomic E-state index is 14.5. The highest BCUT2D eigenvalue weighted by Gasteiger charge is 2.44. The van der Waals surface area contributed by atoms with E-state index in [2.05, 4.69) is 10.3 Å². The zero-order valence-electron chi connectivity index (χ0n) is 32.0. The zero-order chi connectivity index (χ0) is 39.9. The van der Waals surface area contributed by atoms with Crippen LogP contribution in [0.5, 0.6) is 17.2 Å². The monoisotopic (exact) mass is 823 g/mol. The van der Waals surface area contributed by atoms with Crippen LogP contribution in [0.2, 0.25) is 0 Å². The molecule has 3 aliphatic heterocycles. The number of carbonyl (C=O) groups excluding carboxylic acids is 2. The van der Waals surface area contributed by atoms with Crippen molar-refractivity contribution in [3.05, 3.63) is 94.7 Å². The molecule has 17 heteroatoms. The van der Waals surface area contributed by atoms with Gasteiger partial charge in [-0.25, -0.2) is 23.0 Å². The van der Waals surface area contributed by atoms with Crippen molar-refractivity contribution in [3.63, 3.8) is 0 Å². The van der Waals surface area contributed by atoms with Crippen LogP contribution in [0.25, 0.3) is 0 Å².